The molecule has 1 N–H and O–H groups in total. The van der Waals surface area contributed by atoms with Gasteiger partial charge in [0, 0.05) is 17.6 Å². The first-order valence-electron chi connectivity index (χ1n) is 7.72. The minimum atomic E-state index is -4.68. The van der Waals surface area contributed by atoms with Crippen molar-refractivity contribution in [2.24, 2.45) is 0 Å². The number of rotatable bonds is 6. The van der Waals surface area contributed by atoms with Crippen molar-refractivity contribution >= 4 is 45.0 Å². The molecule has 0 heterocycles. The Labute approximate surface area is 169 Å². The summed E-state index contributed by atoms with van der Waals surface area (Å²) in [6.45, 7) is -0.573. The maximum Gasteiger partial charge on any atom is 0.417 e. The van der Waals surface area contributed by atoms with Crippen molar-refractivity contribution in [2.45, 2.75) is 16.0 Å². The number of thioether (sulfide) groups is 1. The van der Waals surface area contributed by atoms with Crippen molar-refractivity contribution in [2.75, 3.05) is 25.2 Å². The summed E-state index contributed by atoms with van der Waals surface area (Å²) in [7, 11) is -2.72. The predicted octanol–water partition coefficient (Wildman–Crippen LogP) is 4.34. The topological polar surface area (TPSA) is 66.5 Å². The zero-order chi connectivity index (χ0) is 21.1. The van der Waals surface area contributed by atoms with E-state index in [1.807, 2.05) is 6.26 Å². The highest BCUT2D eigenvalue weighted by Gasteiger charge is 2.33. The van der Waals surface area contributed by atoms with E-state index in [0.717, 1.165) is 15.3 Å². The van der Waals surface area contributed by atoms with E-state index in [1.165, 1.54) is 37.0 Å². The van der Waals surface area contributed by atoms with Gasteiger partial charge in [-0.05, 0) is 48.7 Å². The molecule has 0 unspecified atom stereocenters. The summed E-state index contributed by atoms with van der Waals surface area (Å²) in [5, 5.41) is 1.75. The minimum absolute atomic E-state index is 0.00597. The number of carbonyl (C=O) groups is 1. The van der Waals surface area contributed by atoms with Crippen molar-refractivity contribution in [1.29, 1.82) is 0 Å². The van der Waals surface area contributed by atoms with Crippen LogP contribution in [0.15, 0.2) is 52.3 Å². The Morgan fingerprint density at radius 1 is 1.18 bits per heavy atom. The van der Waals surface area contributed by atoms with Crippen molar-refractivity contribution in [3.05, 3.63) is 53.1 Å². The Hall–Kier alpha value is -1.75. The Bertz CT molecular complexity index is 965. The van der Waals surface area contributed by atoms with Gasteiger partial charge in [0.15, 0.2) is 0 Å². The predicted molar refractivity (Wildman–Crippen MR) is 103 cm³/mol. The number of likely N-dealkylation sites (N-methyl/N-ethyl adjacent to an activating group) is 1. The molecule has 2 aromatic rings. The monoisotopic (exact) mass is 452 g/mol. The average Bonchev–Trinajstić information content (AvgIpc) is 2.62. The first-order valence-corrected chi connectivity index (χ1v) is 10.8. The maximum absolute atomic E-state index is 12.9. The molecule has 0 radical (unpaired) electrons. The van der Waals surface area contributed by atoms with E-state index in [0.29, 0.717) is 6.07 Å². The third-order valence-electron chi connectivity index (χ3n) is 3.69. The summed E-state index contributed by atoms with van der Waals surface area (Å²) in [6.07, 6.45) is -2.83. The molecule has 0 aromatic heterocycles. The molecule has 0 saturated heterocycles. The number of halogens is 4. The van der Waals surface area contributed by atoms with Crippen LogP contribution in [0, 0.1) is 0 Å². The Morgan fingerprint density at radius 2 is 1.79 bits per heavy atom. The zero-order valence-electron chi connectivity index (χ0n) is 14.7. The molecule has 0 aliphatic carbocycles. The van der Waals surface area contributed by atoms with E-state index < -0.39 is 39.2 Å². The summed E-state index contributed by atoms with van der Waals surface area (Å²) in [4.78, 5) is 13.0. The lowest BCUT2D eigenvalue weighted by Gasteiger charge is -2.17. The molecular formula is C17H16ClF3N2O3S2. The summed E-state index contributed by atoms with van der Waals surface area (Å²) >= 11 is 6.98. The standard InChI is InChI=1S/C17H16ClF3N2O3S2/c1-23(28(25,26)13-6-4-12(27-2)5-7-13)10-16(24)22-11-3-8-15(18)14(9-11)17(19,20)21/h3-9H,10H2,1-2H3,(H,22,24). The fraction of sp³-hybridized carbons (Fsp3) is 0.235. The van der Waals surface area contributed by atoms with E-state index >= 15 is 0 Å². The van der Waals surface area contributed by atoms with E-state index in [1.54, 1.807) is 12.1 Å². The van der Waals surface area contributed by atoms with Gasteiger partial charge in [0.25, 0.3) is 0 Å². The van der Waals surface area contributed by atoms with Crippen LogP contribution in [0.3, 0.4) is 0 Å². The lowest BCUT2D eigenvalue weighted by Crippen LogP contribution is -2.35. The summed E-state index contributed by atoms with van der Waals surface area (Å²) in [5.74, 6) is -0.790. The lowest BCUT2D eigenvalue weighted by molar-refractivity contribution is -0.137. The molecule has 0 spiro atoms. The molecule has 152 valence electrons. The molecule has 2 rings (SSSR count). The van der Waals surface area contributed by atoms with Crippen LogP contribution >= 0.6 is 23.4 Å². The first kappa shape index (κ1) is 22.5. The highest BCUT2D eigenvalue weighted by Crippen LogP contribution is 2.36. The van der Waals surface area contributed by atoms with Gasteiger partial charge in [-0.25, -0.2) is 8.42 Å². The summed E-state index contributed by atoms with van der Waals surface area (Å²) < 4.78 is 64.5. The van der Waals surface area contributed by atoms with E-state index in [9.17, 15) is 26.4 Å². The molecule has 0 saturated carbocycles. The van der Waals surface area contributed by atoms with Crippen LogP contribution in [0.25, 0.3) is 0 Å². The van der Waals surface area contributed by atoms with Crippen LogP contribution in [0.1, 0.15) is 5.56 Å². The van der Waals surface area contributed by atoms with Crippen molar-refractivity contribution < 1.29 is 26.4 Å². The molecule has 5 nitrogen and oxygen atoms in total. The van der Waals surface area contributed by atoms with Gasteiger partial charge < -0.3 is 5.32 Å². The van der Waals surface area contributed by atoms with Crippen LogP contribution in [0.5, 0.6) is 0 Å². The summed E-state index contributed by atoms with van der Waals surface area (Å²) in [6, 6.07) is 9.01. The Balaban J connectivity index is 2.12. The normalized spacial score (nSPS) is 12.2. The molecule has 1 amide bonds. The zero-order valence-corrected chi connectivity index (χ0v) is 17.1. The second kappa shape index (κ2) is 8.73. The van der Waals surface area contributed by atoms with Crippen LogP contribution in [0.4, 0.5) is 18.9 Å². The number of hydrogen-bond donors (Lipinski definition) is 1. The number of alkyl halides is 3. The number of benzene rings is 2. The largest absolute Gasteiger partial charge is 0.417 e. The van der Waals surface area contributed by atoms with Crippen LogP contribution in [0.2, 0.25) is 5.02 Å². The molecule has 0 aliphatic rings. The molecule has 11 heteroatoms. The second-order valence-electron chi connectivity index (χ2n) is 5.68. The number of sulfonamides is 1. The van der Waals surface area contributed by atoms with Gasteiger partial charge in [0.1, 0.15) is 0 Å². The Morgan fingerprint density at radius 3 is 2.32 bits per heavy atom. The smallest absolute Gasteiger partial charge is 0.325 e. The van der Waals surface area contributed by atoms with E-state index in [4.69, 9.17) is 11.6 Å². The third-order valence-corrected chi connectivity index (χ3v) is 6.58. The quantitative estimate of drug-likeness (QED) is 0.662. The fourth-order valence-electron chi connectivity index (χ4n) is 2.24. The molecule has 0 atom stereocenters. The highest BCUT2D eigenvalue weighted by atomic mass is 35.5. The molecule has 0 aliphatic heterocycles. The van der Waals surface area contributed by atoms with Crippen LogP contribution in [-0.2, 0) is 21.0 Å². The number of amides is 1. The fourth-order valence-corrected chi connectivity index (χ4v) is 4.00. The highest BCUT2D eigenvalue weighted by molar-refractivity contribution is 7.98. The SMILES string of the molecule is CSc1ccc(S(=O)(=O)N(C)CC(=O)Nc2ccc(Cl)c(C(F)(F)F)c2)cc1. The third kappa shape index (κ3) is 5.40. The maximum atomic E-state index is 12.9. The molecule has 2 aromatic carbocycles. The number of hydrogen-bond acceptors (Lipinski definition) is 4. The molecule has 28 heavy (non-hydrogen) atoms. The second-order valence-corrected chi connectivity index (χ2v) is 9.01. The van der Waals surface area contributed by atoms with Crippen LogP contribution < -0.4 is 5.32 Å². The van der Waals surface area contributed by atoms with E-state index in [2.05, 4.69) is 5.32 Å². The van der Waals surface area contributed by atoms with Crippen molar-refractivity contribution in [3.8, 4) is 0 Å². The lowest BCUT2D eigenvalue weighted by atomic mass is 10.2. The molecular weight excluding hydrogens is 437 g/mol. The van der Waals surface area contributed by atoms with E-state index in [-0.39, 0.29) is 10.6 Å². The van der Waals surface area contributed by atoms with Gasteiger partial charge in [0.05, 0.1) is 22.0 Å². The van der Waals surface area contributed by atoms with Crippen LogP contribution in [-0.4, -0.2) is 38.5 Å². The van der Waals surface area contributed by atoms with Gasteiger partial charge in [0.2, 0.25) is 15.9 Å². The number of nitrogens with zero attached hydrogens (tertiary/aromatic N) is 1. The molecule has 0 fully saturated rings. The average molecular weight is 453 g/mol. The number of nitrogens with one attached hydrogen (secondary N) is 1. The van der Waals surface area contributed by atoms with Crippen molar-refractivity contribution in [3.63, 3.8) is 0 Å². The first-order chi connectivity index (χ1) is 12.9. The van der Waals surface area contributed by atoms with Gasteiger partial charge in [-0.3, -0.25) is 4.79 Å². The Kier molecular flexibility index (Phi) is 7.02. The number of anilines is 1. The van der Waals surface area contributed by atoms with Gasteiger partial charge in [-0.15, -0.1) is 11.8 Å². The minimum Gasteiger partial charge on any atom is -0.325 e. The summed E-state index contributed by atoms with van der Waals surface area (Å²) in [5.41, 5.74) is -1.24. The number of carbonyl (C=O) groups excluding carboxylic acids is 1. The molecule has 0 bridgehead atoms. The van der Waals surface area contributed by atoms with Gasteiger partial charge in [-0.1, -0.05) is 11.6 Å². The van der Waals surface area contributed by atoms with Crippen molar-refractivity contribution in [1.82, 2.24) is 4.31 Å². The van der Waals surface area contributed by atoms with Gasteiger partial charge in [-0.2, -0.15) is 17.5 Å². The van der Waals surface area contributed by atoms with Gasteiger partial charge >= 0.3 is 6.18 Å².